The summed E-state index contributed by atoms with van der Waals surface area (Å²) >= 11 is 0. The molecule has 1 amide bonds. The van der Waals surface area contributed by atoms with Crippen LogP contribution in [0.4, 0.5) is 0 Å². The summed E-state index contributed by atoms with van der Waals surface area (Å²) in [5.74, 6) is 2.98. The number of carbonyl (C=O) groups is 1. The fourth-order valence-electron chi connectivity index (χ4n) is 8.48. The average molecular weight is 422 g/mol. The highest BCUT2D eigenvalue weighted by Gasteiger charge is 2.63. The molecule has 0 bridgehead atoms. The number of nitrogens with one attached hydrogen (secondary N) is 1. The highest BCUT2D eigenvalue weighted by Crippen LogP contribution is 2.67. The summed E-state index contributed by atoms with van der Waals surface area (Å²) in [5.41, 5.74) is 3.40. The van der Waals surface area contributed by atoms with Crippen molar-refractivity contribution in [2.45, 2.75) is 103 Å². The molecule has 1 heterocycles. The molecule has 5 aliphatic rings. The van der Waals surface area contributed by atoms with E-state index in [-0.39, 0.29) is 11.3 Å². The quantitative estimate of drug-likeness (QED) is 0.674. The van der Waals surface area contributed by atoms with E-state index in [9.17, 15) is 4.79 Å². The van der Waals surface area contributed by atoms with Crippen LogP contribution in [-0.4, -0.2) is 24.2 Å². The van der Waals surface area contributed by atoms with Gasteiger partial charge in [-0.15, -0.1) is 0 Å². The molecule has 5 fully saturated rings. The fraction of sp³-hybridized carbons (Fsp3) is 0.750. The highest BCUT2D eigenvalue weighted by atomic mass is 16.5. The number of carbonyl (C=O) groups excluding carboxylic acids is 1. The number of ether oxygens (including phenoxy) is 1. The van der Waals surface area contributed by atoms with Gasteiger partial charge in [0.15, 0.2) is 0 Å². The molecular weight excluding hydrogens is 382 g/mol. The van der Waals surface area contributed by atoms with Gasteiger partial charge in [-0.1, -0.05) is 43.7 Å². The Morgan fingerprint density at radius 1 is 0.935 bits per heavy atom. The lowest BCUT2D eigenvalue weighted by atomic mass is 9.44. The Labute approximate surface area is 187 Å². The Morgan fingerprint density at radius 3 is 2.42 bits per heavy atom. The third-order valence-corrected chi connectivity index (χ3v) is 10.5. The molecule has 1 aliphatic heterocycles. The van der Waals surface area contributed by atoms with Gasteiger partial charge in [0.25, 0.3) is 0 Å². The summed E-state index contributed by atoms with van der Waals surface area (Å²) < 4.78 is 6.62. The van der Waals surface area contributed by atoms with Gasteiger partial charge >= 0.3 is 0 Å². The largest absolute Gasteiger partial charge is 0.374 e. The van der Waals surface area contributed by atoms with Crippen molar-refractivity contribution in [2.75, 3.05) is 0 Å². The minimum Gasteiger partial charge on any atom is -0.374 e. The Kier molecular flexibility index (Phi) is 4.62. The minimum absolute atomic E-state index is 0.247. The molecule has 1 aromatic carbocycles. The molecule has 6 rings (SSSR count). The van der Waals surface area contributed by atoms with E-state index in [0.29, 0.717) is 47.8 Å². The van der Waals surface area contributed by atoms with E-state index in [0.717, 1.165) is 18.8 Å². The standard InChI is InChI=1S/C28H39NO2/c1-17-4-6-18(7-5-17)20-16-23-27(2,15-13-25(30)29-23)22-12-14-28(3)21(26(20)22)10-11-24(28)31-19-8-9-19/h4-7,19-24,26H,8-16H2,1-3H3,(H,29,30)/t20-,21+,22+,23-,24+,26+,27-,28+/m1/s1. The average Bonchev–Trinajstić information content (AvgIpc) is 3.51. The summed E-state index contributed by atoms with van der Waals surface area (Å²) in [6.07, 6.45) is 11.6. The third kappa shape index (κ3) is 3.13. The zero-order valence-corrected chi connectivity index (χ0v) is 19.5. The third-order valence-electron chi connectivity index (χ3n) is 10.5. The topological polar surface area (TPSA) is 38.3 Å². The van der Waals surface area contributed by atoms with Crippen molar-refractivity contribution in [3.63, 3.8) is 0 Å². The highest BCUT2D eigenvalue weighted by molar-refractivity contribution is 5.77. The lowest BCUT2D eigenvalue weighted by Gasteiger charge is -2.62. The molecule has 8 atom stereocenters. The van der Waals surface area contributed by atoms with Gasteiger partial charge < -0.3 is 10.1 Å². The second-order valence-electron chi connectivity index (χ2n) is 12.1. The van der Waals surface area contributed by atoms with E-state index in [4.69, 9.17) is 4.74 Å². The fourth-order valence-corrected chi connectivity index (χ4v) is 8.48. The van der Waals surface area contributed by atoms with Crippen molar-refractivity contribution in [3.05, 3.63) is 35.4 Å². The molecular formula is C28H39NO2. The Morgan fingerprint density at radius 2 is 1.68 bits per heavy atom. The van der Waals surface area contributed by atoms with Crippen LogP contribution in [0.25, 0.3) is 0 Å². The first-order valence-electron chi connectivity index (χ1n) is 12.9. The smallest absolute Gasteiger partial charge is 0.220 e. The number of hydrogen-bond acceptors (Lipinski definition) is 2. The van der Waals surface area contributed by atoms with E-state index in [1.54, 1.807) is 0 Å². The van der Waals surface area contributed by atoms with Crippen molar-refractivity contribution in [1.82, 2.24) is 5.32 Å². The van der Waals surface area contributed by atoms with E-state index in [1.165, 1.54) is 49.7 Å². The summed E-state index contributed by atoms with van der Waals surface area (Å²) in [6, 6.07) is 9.65. The molecule has 0 aromatic heterocycles. The van der Waals surface area contributed by atoms with Gasteiger partial charge in [0, 0.05) is 12.5 Å². The van der Waals surface area contributed by atoms with Crippen LogP contribution in [0.5, 0.6) is 0 Å². The number of hydrogen-bond donors (Lipinski definition) is 1. The van der Waals surface area contributed by atoms with E-state index >= 15 is 0 Å². The summed E-state index contributed by atoms with van der Waals surface area (Å²) in [5, 5.41) is 3.45. The zero-order chi connectivity index (χ0) is 21.4. The molecule has 31 heavy (non-hydrogen) atoms. The van der Waals surface area contributed by atoms with E-state index < -0.39 is 0 Å². The number of amides is 1. The van der Waals surface area contributed by atoms with Crippen LogP contribution in [-0.2, 0) is 9.53 Å². The van der Waals surface area contributed by atoms with Crippen molar-refractivity contribution in [2.24, 2.45) is 28.6 Å². The van der Waals surface area contributed by atoms with Gasteiger partial charge in [0.05, 0.1) is 12.2 Å². The van der Waals surface area contributed by atoms with E-state index in [1.807, 2.05) is 0 Å². The van der Waals surface area contributed by atoms with Gasteiger partial charge in [0.2, 0.25) is 5.91 Å². The van der Waals surface area contributed by atoms with Gasteiger partial charge in [0.1, 0.15) is 0 Å². The van der Waals surface area contributed by atoms with E-state index in [2.05, 4.69) is 50.4 Å². The molecule has 0 radical (unpaired) electrons. The number of fused-ring (bicyclic) bond motifs is 5. The molecule has 3 heteroatoms. The molecule has 1 saturated heterocycles. The number of rotatable bonds is 3. The Bertz CT molecular complexity index is 860. The first-order valence-corrected chi connectivity index (χ1v) is 12.9. The zero-order valence-electron chi connectivity index (χ0n) is 19.5. The maximum Gasteiger partial charge on any atom is 0.220 e. The Balaban J connectivity index is 1.39. The molecule has 4 saturated carbocycles. The monoisotopic (exact) mass is 421 g/mol. The number of benzene rings is 1. The molecule has 0 unspecified atom stereocenters. The van der Waals surface area contributed by atoms with Crippen LogP contribution < -0.4 is 5.32 Å². The second-order valence-corrected chi connectivity index (χ2v) is 12.1. The van der Waals surface area contributed by atoms with Gasteiger partial charge in [-0.25, -0.2) is 0 Å². The van der Waals surface area contributed by atoms with Crippen LogP contribution >= 0.6 is 0 Å². The predicted octanol–water partition coefficient (Wildman–Crippen LogP) is 5.76. The summed E-state index contributed by atoms with van der Waals surface area (Å²) in [6.45, 7) is 7.26. The predicted molar refractivity (Wildman–Crippen MR) is 123 cm³/mol. The van der Waals surface area contributed by atoms with Crippen molar-refractivity contribution in [3.8, 4) is 0 Å². The number of aryl methyl sites for hydroxylation is 1. The first-order chi connectivity index (χ1) is 14.9. The molecule has 168 valence electrons. The molecule has 3 nitrogen and oxygen atoms in total. The second kappa shape index (κ2) is 7.07. The van der Waals surface area contributed by atoms with Crippen LogP contribution in [0.3, 0.4) is 0 Å². The lowest BCUT2D eigenvalue weighted by Crippen LogP contribution is -2.63. The first kappa shape index (κ1) is 20.3. The molecule has 1 aromatic rings. The molecule has 0 spiro atoms. The van der Waals surface area contributed by atoms with Crippen LogP contribution in [0.1, 0.15) is 88.7 Å². The van der Waals surface area contributed by atoms with Crippen molar-refractivity contribution < 1.29 is 9.53 Å². The van der Waals surface area contributed by atoms with Gasteiger partial charge in [-0.3, -0.25) is 4.79 Å². The van der Waals surface area contributed by atoms with Crippen molar-refractivity contribution >= 4 is 5.91 Å². The van der Waals surface area contributed by atoms with Crippen LogP contribution in [0.15, 0.2) is 24.3 Å². The summed E-state index contributed by atoms with van der Waals surface area (Å²) in [7, 11) is 0. The lowest BCUT2D eigenvalue weighted by molar-refractivity contribution is -0.145. The van der Waals surface area contributed by atoms with Crippen LogP contribution in [0.2, 0.25) is 0 Å². The number of piperidine rings is 1. The van der Waals surface area contributed by atoms with Crippen LogP contribution in [0, 0.1) is 35.5 Å². The Hall–Kier alpha value is -1.35. The SMILES string of the molecule is Cc1ccc([C@H]2C[C@H]3NC(=O)CC[C@]3(C)[C@H]3CC[C@]4(C)[C@@H](OC5CC5)CC[C@H]4[C@H]23)cc1. The minimum atomic E-state index is 0.247. The molecule has 4 aliphatic carbocycles. The van der Waals surface area contributed by atoms with Crippen molar-refractivity contribution in [1.29, 1.82) is 0 Å². The normalized spacial score (nSPS) is 46.6. The van der Waals surface area contributed by atoms with Gasteiger partial charge in [-0.2, -0.15) is 0 Å². The molecule has 1 N–H and O–H groups in total. The van der Waals surface area contributed by atoms with Gasteiger partial charge in [-0.05, 0) is 98.4 Å². The maximum atomic E-state index is 12.4. The summed E-state index contributed by atoms with van der Waals surface area (Å²) in [4.78, 5) is 12.4. The maximum absolute atomic E-state index is 12.4.